The first-order valence-electron chi connectivity index (χ1n) is 9.85. The van der Waals surface area contributed by atoms with Crippen LogP contribution < -0.4 is 10.9 Å². The van der Waals surface area contributed by atoms with Crippen LogP contribution in [-0.2, 0) is 6.54 Å². The number of hydrogen-bond donors (Lipinski definition) is 2. The molecule has 0 radical (unpaired) electrons. The quantitative estimate of drug-likeness (QED) is 0.684. The lowest BCUT2D eigenvalue weighted by atomic mass is 9.92. The predicted molar refractivity (Wildman–Crippen MR) is 112 cm³/mol. The lowest BCUT2D eigenvalue weighted by molar-refractivity contribution is 0.255. The lowest BCUT2D eigenvalue weighted by Gasteiger charge is -2.24. The summed E-state index contributed by atoms with van der Waals surface area (Å²) in [6, 6.07) is 19.2. The highest BCUT2D eigenvalue weighted by Crippen LogP contribution is 2.27. The van der Waals surface area contributed by atoms with Gasteiger partial charge in [0, 0.05) is 37.2 Å². The summed E-state index contributed by atoms with van der Waals surface area (Å²) < 4.78 is 5.54. The van der Waals surface area contributed by atoms with E-state index in [1.807, 2.05) is 36.4 Å². The van der Waals surface area contributed by atoms with E-state index < -0.39 is 0 Å². The molecule has 1 aliphatic rings. The van der Waals surface area contributed by atoms with Crippen molar-refractivity contribution >= 4 is 0 Å². The Bertz CT molecular complexity index is 921. The normalized spacial score (nSPS) is 19.4. The lowest BCUT2D eigenvalue weighted by Crippen LogP contribution is -2.30. The molecule has 1 fully saturated rings. The Balaban J connectivity index is 1.40. The van der Waals surface area contributed by atoms with Gasteiger partial charge in [0.25, 0.3) is 0 Å². The molecule has 1 aliphatic heterocycles. The molecule has 1 aromatic heterocycles. The van der Waals surface area contributed by atoms with E-state index in [0.29, 0.717) is 12.0 Å². The molecule has 1 saturated heterocycles. The Hall–Kier alpha value is -2.47. The number of aryl methyl sites for hydroxylation is 2. The molecule has 3 aromatic rings. The van der Waals surface area contributed by atoms with Gasteiger partial charge in [-0.05, 0) is 37.6 Å². The zero-order chi connectivity index (χ0) is 19.5. The molecule has 2 unspecified atom stereocenters. The molecule has 0 amide bonds. The molecule has 2 N–H and O–H groups in total. The summed E-state index contributed by atoms with van der Waals surface area (Å²) in [5, 5.41) is 4.26. The van der Waals surface area contributed by atoms with Gasteiger partial charge < -0.3 is 9.42 Å². The summed E-state index contributed by atoms with van der Waals surface area (Å²) in [5.41, 5.74) is 12.8. The fourth-order valence-electron chi connectivity index (χ4n) is 3.89. The van der Waals surface area contributed by atoms with Crippen LogP contribution in [0.3, 0.4) is 0 Å². The maximum absolute atomic E-state index is 5.54. The van der Waals surface area contributed by atoms with E-state index in [9.17, 15) is 0 Å². The van der Waals surface area contributed by atoms with Crippen LogP contribution in [0.2, 0.25) is 0 Å². The fraction of sp³-hybridized carbons (Fsp3) is 0.348. The van der Waals surface area contributed by atoms with Crippen LogP contribution in [0.25, 0.3) is 11.3 Å². The summed E-state index contributed by atoms with van der Waals surface area (Å²) in [6.45, 7) is 7.04. The number of nitrogens with one attached hydrogen (secondary N) is 2. The Morgan fingerprint density at radius 3 is 2.68 bits per heavy atom. The van der Waals surface area contributed by atoms with Crippen molar-refractivity contribution in [3.05, 3.63) is 77.0 Å². The molecule has 0 bridgehead atoms. The van der Waals surface area contributed by atoms with E-state index in [1.54, 1.807) is 0 Å². The number of rotatable bonds is 6. The first-order chi connectivity index (χ1) is 13.6. The standard InChI is InChI=1S/C23H28N4O/c1-16-9-10-19(11-17(16)2)23-20(13-24-25-23)14-27(3)15-21-12-22(28-26-21)18-7-5-4-6-8-18/h4-12,20,23-25H,13-15H2,1-3H3. The van der Waals surface area contributed by atoms with E-state index in [1.165, 1.54) is 16.7 Å². The van der Waals surface area contributed by atoms with Crippen molar-refractivity contribution < 1.29 is 4.52 Å². The highest BCUT2D eigenvalue weighted by atomic mass is 16.5. The van der Waals surface area contributed by atoms with Gasteiger partial charge in [-0.25, -0.2) is 5.43 Å². The summed E-state index contributed by atoms with van der Waals surface area (Å²) in [5.74, 6) is 1.31. The van der Waals surface area contributed by atoms with E-state index in [4.69, 9.17) is 4.52 Å². The Morgan fingerprint density at radius 1 is 1.07 bits per heavy atom. The SMILES string of the molecule is Cc1ccc(C2NNCC2CN(C)Cc2cc(-c3ccccc3)on2)cc1C. The molecule has 4 rings (SSSR count). The maximum atomic E-state index is 5.54. The molecule has 2 heterocycles. The average molecular weight is 377 g/mol. The third kappa shape index (κ3) is 4.17. The second-order valence-corrected chi connectivity index (χ2v) is 7.85. The summed E-state index contributed by atoms with van der Waals surface area (Å²) >= 11 is 0. The van der Waals surface area contributed by atoms with Crippen LogP contribution in [0.5, 0.6) is 0 Å². The van der Waals surface area contributed by atoms with Crippen LogP contribution in [0.4, 0.5) is 0 Å². The number of aromatic nitrogens is 1. The van der Waals surface area contributed by atoms with Crippen molar-refractivity contribution in [2.75, 3.05) is 20.1 Å². The molecule has 0 spiro atoms. The largest absolute Gasteiger partial charge is 0.356 e. The monoisotopic (exact) mass is 376 g/mol. The van der Waals surface area contributed by atoms with Crippen molar-refractivity contribution in [1.29, 1.82) is 0 Å². The molecule has 5 heteroatoms. The van der Waals surface area contributed by atoms with E-state index in [0.717, 1.165) is 36.7 Å². The van der Waals surface area contributed by atoms with Gasteiger partial charge in [-0.3, -0.25) is 5.43 Å². The second-order valence-electron chi connectivity index (χ2n) is 7.85. The van der Waals surface area contributed by atoms with Gasteiger partial charge in [-0.2, -0.15) is 0 Å². The van der Waals surface area contributed by atoms with Crippen LogP contribution in [-0.4, -0.2) is 30.2 Å². The van der Waals surface area contributed by atoms with E-state index >= 15 is 0 Å². The van der Waals surface area contributed by atoms with Gasteiger partial charge in [0.1, 0.15) is 0 Å². The Morgan fingerprint density at radius 2 is 1.89 bits per heavy atom. The van der Waals surface area contributed by atoms with Crippen LogP contribution in [0, 0.1) is 19.8 Å². The minimum Gasteiger partial charge on any atom is -0.356 e. The topological polar surface area (TPSA) is 53.3 Å². The third-order valence-corrected chi connectivity index (χ3v) is 5.58. The van der Waals surface area contributed by atoms with Crippen LogP contribution >= 0.6 is 0 Å². The number of hydrogen-bond acceptors (Lipinski definition) is 5. The highest BCUT2D eigenvalue weighted by Gasteiger charge is 2.29. The molecule has 146 valence electrons. The minimum atomic E-state index is 0.318. The van der Waals surface area contributed by atoms with Gasteiger partial charge in [-0.1, -0.05) is 53.7 Å². The molecule has 28 heavy (non-hydrogen) atoms. The second kappa shape index (κ2) is 8.27. The number of hydrazine groups is 1. The number of nitrogens with zero attached hydrogens (tertiary/aromatic N) is 2. The molecule has 0 aliphatic carbocycles. The Kier molecular flexibility index (Phi) is 5.57. The van der Waals surface area contributed by atoms with Gasteiger partial charge >= 0.3 is 0 Å². The molecule has 5 nitrogen and oxygen atoms in total. The summed E-state index contributed by atoms with van der Waals surface area (Å²) in [6.07, 6.45) is 0. The predicted octanol–water partition coefficient (Wildman–Crippen LogP) is 3.86. The summed E-state index contributed by atoms with van der Waals surface area (Å²) in [4.78, 5) is 2.32. The first-order valence-corrected chi connectivity index (χ1v) is 9.85. The summed E-state index contributed by atoms with van der Waals surface area (Å²) in [7, 11) is 2.15. The van der Waals surface area contributed by atoms with Crippen molar-refractivity contribution in [2.45, 2.75) is 26.4 Å². The molecule has 2 aromatic carbocycles. The van der Waals surface area contributed by atoms with Gasteiger partial charge in [0.2, 0.25) is 0 Å². The van der Waals surface area contributed by atoms with Gasteiger partial charge in [0.15, 0.2) is 5.76 Å². The third-order valence-electron chi connectivity index (χ3n) is 5.58. The van der Waals surface area contributed by atoms with Gasteiger partial charge in [0.05, 0.1) is 11.7 Å². The molecular weight excluding hydrogens is 348 g/mol. The molecule has 2 atom stereocenters. The molecule has 0 saturated carbocycles. The zero-order valence-corrected chi connectivity index (χ0v) is 16.8. The highest BCUT2D eigenvalue weighted by molar-refractivity contribution is 5.56. The van der Waals surface area contributed by atoms with Crippen molar-refractivity contribution in [2.24, 2.45) is 5.92 Å². The van der Waals surface area contributed by atoms with E-state index in [2.05, 4.69) is 60.0 Å². The maximum Gasteiger partial charge on any atom is 0.167 e. The average Bonchev–Trinajstić information content (AvgIpc) is 3.34. The van der Waals surface area contributed by atoms with Crippen LogP contribution in [0.1, 0.15) is 28.4 Å². The van der Waals surface area contributed by atoms with E-state index in [-0.39, 0.29) is 0 Å². The first kappa shape index (κ1) is 18.9. The van der Waals surface area contributed by atoms with Crippen molar-refractivity contribution in [1.82, 2.24) is 20.9 Å². The zero-order valence-electron chi connectivity index (χ0n) is 16.8. The minimum absolute atomic E-state index is 0.318. The van der Waals surface area contributed by atoms with Gasteiger partial charge in [-0.15, -0.1) is 0 Å². The van der Waals surface area contributed by atoms with Crippen molar-refractivity contribution in [3.8, 4) is 11.3 Å². The van der Waals surface area contributed by atoms with Crippen LogP contribution in [0.15, 0.2) is 59.1 Å². The number of benzene rings is 2. The fourth-order valence-corrected chi connectivity index (χ4v) is 3.89. The molecular formula is C23H28N4O. The Labute approximate surface area is 166 Å². The van der Waals surface area contributed by atoms with Crippen molar-refractivity contribution in [3.63, 3.8) is 0 Å². The smallest absolute Gasteiger partial charge is 0.167 e.